The van der Waals surface area contributed by atoms with E-state index in [0.717, 1.165) is 28.1 Å². The summed E-state index contributed by atoms with van der Waals surface area (Å²) in [5, 5.41) is 9.35. The number of nitroso groups, excluding NO2 is 1. The molecular formula is C24H27F3N6O2. The van der Waals surface area contributed by atoms with Crippen molar-refractivity contribution in [2.45, 2.75) is 70.3 Å². The first-order chi connectivity index (χ1) is 16.7. The lowest BCUT2D eigenvalue weighted by molar-refractivity contribution is -0.137. The van der Waals surface area contributed by atoms with Crippen molar-refractivity contribution in [1.29, 1.82) is 0 Å². The molecule has 1 fully saturated rings. The fraction of sp³-hybridized carbons (Fsp3) is 0.458. The Morgan fingerprint density at radius 1 is 1.20 bits per heavy atom. The van der Waals surface area contributed by atoms with Crippen molar-refractivity contribution in [2.75, 3.05) is 0 Å². The van der Waals surface area contributed by atoms with E-state index >= 15 is 0 Å². The molecule has 3 aromatic rings. The lowest BCUT2D eigenvalue weighted by atomic mass is 9.79. The highest BCUT2D eigenvalue weighted by molar-refractivity contribution is 6.00. The number of carbonyl (C=O) groups excluding carboxylic acids is 1. The zero-order valence-corrected chi connectivity index (χ0v) is 19.5. The number of hydrogen-bond donors (Lipinski definition) is 1. The topological polar surface area (TPSA) is 106 Å². The van der Waals surface area contributed by atoms with E-state index < -0.39 is 23.7 Å². The smallest absolute Gasteiger partial charge is 0.269 e. The van der Waals surface area contributed by atoms with Gasteiger partial charge in [-0.25, -0.2) is 15.5 Å². The van der Waals surface area contributed by atoms with Crippen LogP contribution in [0, 0.1) is 4.91 Å². The summed E-state index contributed by atoms with van der Waals surface area (Å²) < 4.78 is 40.5. The van der Waals surface area contributed by atoms with Crippen LogP contribution in [0.3, 0.4) is 0 Å². The van der Waals surface area contributed by atoms with Crippen LogP contribution in [0.1, 0.15) is 78.5 Å². The number of fused-ring (bicyclic) bond motifs is 1. The van der Waals surface area contributed by atoms with Gasteiger partial charge in [0.25, 0.3) is 5.91 Å². The maximum atomic E-state index is 13.6. The Kier molecular flexibility index (Phi) is 6.88. The molecule has 1 atom stereocenters. The molecule has 0 saturated heterocycles. The highest BCUT2D eigenvalue weighted by Crippen LogP contribution is 2.39. The van der Waals surface area contributed by atoms with E-state index in [9.17, 15) is 22.9 Å². The van der Waals surface area contributed by atoms with E-state index in [2.05, 4.69) is 15.3 Å². The second kappa shape index (κ2) is 9.73. The Morgan fingerprint density at radius 3 is 2.43 bits per heavy atom. The average Bonchev–Trinajstić information content (AvgIpc) is 3.29. The number of amides is 1. The molecule has 1 aliphatic carbocycles. The van der Waals surface area contributed by atoms with Crippen LogP contribution in [0.2, 0.25) is 0 Å². The molecule has 2 N–H and O–H groups in total. The summed E-state index contributed by atoms with van der Waals surface area (Å²) >= 11 is 0. The molecule has 11 heteroatoms. The Balaban J connectivity index is 1.68. The fourth-order valence-corrected chi connectivity index (χ4v) is 4.78. The minimum Gasteiger partial charge on any atom is -0.269 e. The van der Waals surface area contributed by atoms with E-state index in [1.807, 2.05) is 6.92 Å². The summed E-state index contributed by atoms with van der Waals surface area (Å²) in [4.78, 5) is 29.0. The molecule has 186 valence electrons. The molecule has 0 radical (unpaired) electrons. The first kappa shape index (κ1) is 24.8. The maximum absolute atomic E-state index is 13.6. The van der Waals surface area contributed by atoms with Gasteiger partial charge in [0, 0.05) is 18.1 Å². The van der Waals surface area contributed by atoms with Crippen molar-refractivity contribution >= 4 is 16.9 Å². The van der Waals surface area contributed by atoms with Gasteiger partial charge in [-0.05, 0) is 68.7 Å². The van der Waals surface area contributed by atoms with Crippen molar-refractivity contribution in [2.24, 2.45) is 11.0 Å². The highest BCUT2D eigenvalue weighted by Gasteiger charge is 2.33. The minimum atomic E-state index is -4.45. The number of hydrogen-bond acceptors (Lipinski definition) is 6. The van der Waals surface area contributed by atoms with Gasteiger partial charge in [-0.1, -0.05) is 17.3 Å². The van der Waals surface area contributed by atoms with E-state index in [1.54, 1.807) is 17.8 Å². The average molecular weight is 489 g/mol. The number of aromatic nitrogens is 3. The number of hydrazine groups is 1. The van der Waals surface area contributed by atoms with Gasteiger partial charge in [0.05, 0.1) is 29.4 Å². The Bertz CT molecular complexity index is 1220. The molecule has 2 aromatic heterocycles. The van der Waals surface area contributed by atoms with Crippen LogP contribution in [0.4, 0.5) is 13.2 Å². The van der Waals surface area contributed by atoms with E-state index in [1.165, 1.54) is 18.3 Å². The standard InChI is InChI=1S/C24H27F3N6O2/c1-3-32-22-19(13-30-32)21(16-6-10-18(31-35)11-7-16)20(12-29-22)23(34)33(28)14(2)15-4-8-17(9-5-15)24(25,26)27/h4-5,8-9,12-14,16,18H,3,6-7,10-11,28H2,1-2H3. The highest BCUT2D eigenvalue weighted by atomic mass is 19.4. The van der Waals surface area contributed by atoms with E-state index in [4.69, 9.17) is 5.84 Å². The van der Waals surface area contributed by atoms with Gasteiger partial charge in [0.15, 0.2) is 5.65 Å². The van der Waals surface area contributed by atoms with Crippen molar-refractivity contribution in [1.82, 2.24) is 19.8 Å². The molecule has 2 heterocycles. The molecule has 1 aliphatic rings. The van der Waals surface area contributed by atoms with Crippen molar-refractivity contribution < 1.29 is 18.0 Å². The molecule has 4 rings (SSSR count). The number of nitrogens with zero attached hydrogens (tertiary/aromatic N) is 5. The third-order valence-electron chi connectivity index (χ3n) is 6.86. The molecule has 1 amide bonds. The molecule has 35 heavy (non-hydrogen) atoms. The predicted molar refractivity (Wildman–Crippen MR) is 124 cm³/mol. The molecule has 0 aliphatic heterocycles. The third kappa shape index (κ3) is 4.77. The number of nitrogens with two attached hydrogens (primary N) is 1. The third-order valence-corrected chi connectivity index (χ3v) is 6.86. The summed E-state index contributed by atoms with van der Waals surface area (Å²) in [6, 6.07) is 3.68. The van der Waals surface area contributed by atoms with Gasteiger partial charge < -0.3 is 0 Å². The van der Waals surface area contributed by atoms with Crippen LogP contribution in [-0.2, 0) is 12.7 Å². The van der Waals surface area contributed by atoms with Gasteiger partial charge >= 0.3 is 6.18 Å². The summed E-state index contributed by atoms with van der Waals surface area (Å²) in [5.74, 6) is 5.74. The number of pyridine rings is 1. The van der Waals surface area contributed by atoms with Gasteiger partial charge in [0.1, 0.15) is 0 Å². The zero-order valence-electron chi connectivity index (χ0n) is 19.5. The van der Waals surface area contributed by atoms with Crippen LogP contribution >= 0.6 is 0 Å². The van der Waals surface area contributed by atoms with Crippen molar-refractivity contribution in [3.05, 3.63) is 63.8 Å². The second-order valence-corrected chi connectivity index (χ2v) is 8.90. The summed E-state index contributed by atoms with van der Waals surface area (Å²) in [5.41, 5.74) is 1.49. The van der Waals surface area contributed by atoms with Crippen molar-refractivity contribution in [3.63, 3.8) is 0 Å². The number of halogens is 3. The van der Waals surface area contributed by atoms with Gasteiger partial charge in [-0.2, -0.15) is 23.2 Å². The Hall–Kier alpha value is -3.34. The first-order valence-corrected chi connectivity index (χ1v) is 11.6. The van der Waals surface area contributed by atoms with E-state index in [0.29, 0.717) is 49.0 Å². The van der Waals surface area contributed by atoms with Crippen LogP contribution in [0.5, 0.6) is 0 Å². The number of benzene rings is 1. The Labute approximate surface area is 200 Å². The van der Waals surface area contributed by atoms with Crippen LogP contribution in [0.25, 0.3) is 11.0 Å². The van der Waals surface area contributed by atoms with Crippen LogP contribution < -0.4 is 5.84 Å². The minimum absolute atomic E-state index is 0.00160. The second-order valence-electron chi connectivity index (χ2n) is 8.90. The zero-order chi connectivity index (χ0) is 25.3. The number of alkyl halides is 3. The normalized spacial score (nSPS) is 19.5. The van der Waals surface area contributed by atoms with Gasteiger partial charge in [0.2, 0.25) is 0 Å². The largest absolute Gasteiger partial charge is 0.416 e. The number of aryl methyl sites for hydroxylation is 1. The molecule has 0 bridgehead atoms. The van der Waals surface area contributed by atoms with E-state index in [-0.39, 0.29) is 12.0 Å². The maximum Gasteiger partial charge on any atom is 0.416 e. The SMILES string of the molecule is CCn1ncc2c(C3CCC(N=O)CC3)c(C(=O)N(N)C(C)c3ccc(C(F)(F)F)cc3)cnc21. The van der Waals surface area contributed by atoms with Crippen LogP contribution in [-0.4, -0.2) is 31.7 Å². The van der Waals surface area contributed by atoms with Crippen LogP contribution in [0.15, 0.2) is 41.8 Å². The lowest BCUT2D eigenvalue weighted by Crippen LogP contribution is -2.40. The Morgan fingerprint density at radius 2 is 1.86 bits per heavy atom. The molecule has 8 nitrogen and oxygen atoms in total. The fourth-order valence-electron chi connectivity index (χ4n) is 4.78. The summed E-state index contributed by atoms with van der Waals surface area (Å²) in [7, 11) is 0. The van der Waals surface area contributed by atoms with Gasteiger partial charge in [-0.3, -0.25) is 9.80 Å². The molecule has 0 spiro atoms. The molecule has 1 aromatic carbocycles. The quantitative estimate of drug-likeness (QED) is 0.218. The van der Waals surface area contributed by atoms with Crippen molar-refractivity contribution in [3.8, 4) is 0 Å². The molecule has 1 saturated carbocycles. The first-order valence-electron chi connectivity index (χ1n) is 11.6. The lowest BCUT2D eigenvalue weighted by Gasteiger charge is -2.29. The molecule has 1 unspecified atom stereocenters. The number of rotatable bonds is 6. The summed E-state index contributed by atoms with van der Waals surface area (Å²) in [6.45, 7) is 4.21. The summed E-state index contributed by atoms with van der Waals surface area (Å²) in [6.07, 6.45) is 1.37. The van der Waals surface area contributed by atoms with Gasteiger partial charge in [-0.15, -0.1) is 0 Å². The molecular weight excluding hydrogens is 461 g/mol. The number of carbonyl (C=O) groups is 1. The monoisotopic (exact) mass is 488 g/mol. The predicted octanol–water partition coefficient (Wildman–Crippen LogP) is 5.34.